The molecule has 0 spiro atoms. The molecule has 23 heavy (non-hydrogen) atoms. The first-order valence-corrected chi connectivity index (χ1v) is 7.52. The van der Waals surface area contributed by atoms with E-state index in [2.05, 4.69) is 58.6 Å². The first-order valence-electron chi connectivity index (χ1n) is 7.52. The van der Waals surface area contributed by atoms with Crippen LogP contribution in [0.15, 0.2) is 91.4 Å². The highest BCUT2D eigenvalue weighted by Crippen LogP contribution is 2.23. The third-order valence-corrected chi connectivity index (χ3v) is 3.80. The SMILES string of the molecule is c1ccc(-c2ccc(-c3ccc(-n4cccn4)cc3)cn2)cc1. The van der Waals surface area contributed by atoms with E-state index in [1.54, 1.807) is 6.20 Å². The van der Waals surface area contributed by atoms with Gasteiger partial charge in [-0.2, -0.15) is 5.10 Å². The molecule has 4 aromatic rings. The third-order valence-electron chi connectivity index (χ3n) is 3.80. The Morgan fingerprint density at radius 3 is 2.09 bits per heavy atom. The highest BCUT2D eigenvalue weighted by atomic mass is 15.3. The Morgan fingerprint density at radius 2 is 1.43 bits per heavy atom. The van der Waals surface area contributed by atoms with Crippen molar-refractivity contribution in [2.75, 3.05) is 0 Å². The highest BCUT2D eigenvalue weighted by molar-refractivity contribution is 5.67. The molecule has 2 aromatic carbocycles. The van der Waals surface area contributed by atoms with Crippen molar-refractivity contribution in [2.45, 2.75) is 0 Å². The minimum Gasteiger partial charge on any atom is -0.256 e. The number of aromatic nitrogens is 3. The maximum Gasteiger partial charge on any atom is 0.0702 e. The van der Waals surface area contributed by atoms with Crippen molar-refractivity contribution in [2.24, 2.45) is 0 Å². The molecule has 0 saturated carbocycles. The lowest BCUT2D eigenvalue weighted by atomic mass is 10.1. The first-order chi connectivity index (χ1) is 11.4. The van der Waals surface area contributed by atoms with Crippen LogP contribution >= 0.6 is 0 Å². The van der Waals surface area contributed by atoms with Gasteiger partial charge in [-0.3, -0.25) is 4.98 Å². The Labute approximate surface area is 134 Å². The average molecular weight is 297 g/mol. The number of hydrogen-bond acceptors (Lipinski definition) is 2. The molecule has 0 amide bonds. The molecule has 0 bridgehead atoms. The molecule has 110 valence electrons. The van der Waals surface area contributed by atoms with Gasteiger partial charge in [0.15, 0.2) is 0 Å². The fraction of sp³-hybridized carbons (Fsp3) is 0. The molecule has 3 heteroatoms. The third kappa shape index (κ3) is 2.77. The van der Waals surface area contributed by atoms with Gasteiger partial charge in [0, 0.05) is 29.7 Å². The van der Waals surface area contributed by atoms with Gasteiger partial charge in [-0.1, -0.05) is 48.5 Å². The van der Waals surface area contributed by atoms with Crippen LogP contribution < -0.4 is 0 Å². The van der Waals surface area contributed by atoms with E-state index >= 15 is 0 Å². The molecule has 2 aromatic heterocycles. The molecule has 0 aliphatic heterocycles. The molecule has 0 aliphatic carbocycles. The predicted octanol–water partition coefficient (Wildman–Crippen LogP) is 4.60. The smallest absolute Gasteiger partial charge is 0.0702 e. The Balaban J connectivity index is 1.61. The molecule has 0 radical (unpaired) electrons. The molecular weight excluding hydrogens is 282 g/mol. The van der Waals surface area contributed by atoms with Gasteiger partial charge in [0.25, 0.3) is 0 Å². The van der Waals surface area contributed by atoms with Crippen LogP contribution in [0.2, 0.25) is 0 Å². The second-order valence-electron chi connectivity index (χ2n) is 5.30. The fourth-order valence-electron chi connectivity index (χ4n) is 2.57. The van der Waals surface area contributed by atoms with Gasteiger partial charge in [-0.15, -0.1) is 0 Å². The minimum absolute atomic E-state index is 0.988. The Morgan fingerprint density at radius 1 is 0.652 bits per heavy atom. The summed E-state index contributed by atoms with van der Waals surface area (Å²) in [6.07, 6.45) is 5.64. The largest absolute Gasteiger partial charge is 0.256 e. The van der Waals surface area contributed by atoms with Crippen LogP contribution in [0.4, 0.5) is 0 Å². The lowest BCUT2D eigenvalue weighted by Crippen LogP contribution is -1.93. The molecule has 0 aliphatic rings. The zero-order valence-corrected chi connectivity index (χ0v) is 12.5. The van der Waals surface area contributed by atoms with Gasteiger partial charge in [-0.25, -0.2) is 4.68 Å². The summed E-state index contributed by atoms with van der Waals surface area (Å²) in [7, 11) is 0. The summed E-state index contributed by atoms with van der Waals surface area (Å²) < 4.78 is 1.85. The van der Waals surface area contributed by atoms with Crippen LogP contribution in [0.25, 0.3) is 28.1 Å². The number of hydrogen-bond donors (Lipinski definition) is 0. The second kappa shape index (κ2) is 5.89. The summed E-state index contributed by atoms with van der Waals surface area (Å²) in [5.41, 5.74) is 5.42. The molecule has 0 fully saturated rings. The van der Waals surface area contributed by atoms with E-state index in [9.17, 15) is 0 Å². The molecule has 0 atom stereocenters. The van der Waals surface area contributed by atoms with Crippen molar-refractivity contribution in [3.8, 4) is 28.1 Å². The van der Waals surface area contributed by atoms with Gasteiger partial charge in [0.05, 0.1) is 11.4 Å². The number of nitrogens with zero attached hydrogens (tertiary/aromatic N) is 3. The van der Waals surface area contributed by atoms with Crippen molar-refractivity contribution in [1.82, 2.24) is 14.8 Å². The van der Waals surface area contributed by atoms with Crippen LogP contribution in [0, 0.1) is 0 Å². The molecule has 4 rings (SSSR count). The highest BCUT2D eigenvalue weighted by Gasteiger charge is 2.02. The fourth-order valence-corrected chi connectivity index (χ4v) is 2.57. The van der Waals surface area contributed by atoms with Gasteiger partial charge in [0.2, 0.25) is 0 Å². The minimum atomic E-state index is 0.988. The van der Waals surface area contributed by atoms with Crippen molar-refractivity contribution in [1.29, 1.82) is 0 Å². The maximum atomic E-state index is 4.58. The van der Waals surface area contributed by atoms with E-state index in [1.807, 2.05) is 41.3 Å². The maximum absolute atomic E-state index is 4.58. The van der Waals surface area contributed by atoms with E-state index in [-0.39, 0.29) is 0 Å². The van der Waals surface area contributed by atoms with Crippen molar-refractivity contribution in [3.63, 3.8) is 0 Å². The molecule has 2 heterocycles. The number of benzene rings is 2. The predicted molar refractivity (Wildman–Crippen MR) is 92.2 cm³/mol. The second-order valence-corrected chi connectivity index (χ2v) is 5.30. The summed E-state index contributed by atoms with van der Waals surface area (Å²) in [4.78, 5) is 4.58. The Bertz CT molecular complexity index is 878. The van der Waals surface area contributed by atoms with E-state index < -0.39 is 0 Å². The lowest BCUT2D eigenvalue weighted by Gasteiger charge is -2.06. The summed E-state index contributed by atoms with van der Waals surface area (Å²) >= 11 is 0. The van der Waals surface area contributed by atoms with Gasteiger partial charge < -0.3 is 0 Å². The van der Waals surface area contributed by atoms with Crippen molar-refractivity contribution >= 4 is 0 Å². The first kappa shape index (κ1) is 13.5. The van der Waals surface area contributed by atoms with Gasteiger partial charge in [0.1, 0.15) is 0 Å². The normalized spacial score (nSPS) is 10.6. The van der Waals surface area contributed by atoms with Crippen LogP contribution in [0.5, 0.6) is 0 Å². The summed E-state index contributed by atoms with van der Waals surface area (Å²) in [5.74, 6) is 0. The number of rotatable bonds is 3. The van der Waals surface area contributed by atoms with E-state index in [4.69, 9.17) is 0 Å². The van der Waals surface area contributed by atoms with Crippen LogP contribution in [-0.4, -0.2) is 14.8 Å². The van der Waals surface area contributed by atoms with Gasteiger partial charge in [-0.05, 0) is 29.8 Å². The van der Waals surface area contributed by atoms with Crippen molar-refractivity contribution < 1.29 is 0 Å². The Hall–Kier alpha value is -3.20. The monoisotopic (exact) mass is 297 g/mol. The van der Waals surface area contributed by atoms with Crippen LogP contribution in [0.1, 0.15) is 0 Å². The summed E-state index contributed by atoms with van der Waals surface area (Å²) in [6.45, 7) is 0. The lowest BCUT2D eigenvalue weighted by molar-refractivity contribution is 0.881. The van der Waals surface area contributed by atoms with Crippen molar-refractivity contribution in [3.05, 3.63) is 91.4 Å². The molecule has 3 nitrogen and oxygen atoms in total. The number of pyridine rings is 1. The summed E-state index contributed by atoms with van der Waals surface area (Å²) in [5, 5.41) is 4.24. The molecule has 0 unspecified atom stereocenters. The van der Waals surface area contributed by atoms with Crippen LogP contribution in [0.3, 0.4) is 0 Å². The van der Waals surface area contributed by atoms with Gasteiger partial charge >= 0.3 is 0 Å². The van der Waals surface area contributed by atoms with E-state index in [0.29, 0.717) is 0 Å². The zero-order chi connectivity index (χ0) is 15.5. The average Bonchev–Trinajstić information content (AvgIpc) is 3.18. The quantitative estimate of drug-likeness (QED) is 0.553. The summed E-state index contributed by atoms with van der Waals surface area (Å²) in [6, 6.07) is 24.6. The Kier molecular flexibility index (Phi) is 3.45. The standard InChI is InChI=1S/C20H15N3/c1-2-5-17(6-3-1)20-12-9-18(15-21-20)16-7-10-19(11-8-16)23-14-4-13-22-23/h1-15H. The molecule has 0 N–H and O–H groups in total. The zero-order valence-electron chi connectivity index (χ0n) is 12.5. The van der Waals surface area contributed by atoms with E-state index in [1.165, 1.54) is 0 Å². The molecule has 0 saturated heterocycles. The topological polar surface area (TPSA) is 30.7 Å². The van der Waals surface area contributed by atoms with E-state index in [0.717, 1.165) is 28.1 Å². The molecular formula is C20H15N3. The van der Waals surface area contributed by atoms with Crippen LogP contribution in [-0.2, 0) is 0 Å².